The highest BCUT2D eigenvalue weighted by Crippen LogP contribution is 2.76. The summed E-state index contributed by atoms with van der Waals surface area (Å²) in [6.45, 7) is 7.55. The molecule has 0 aromatic rings. The molecule has 3 heterocycles. The molecule has 5 fully saturated rings. The van der Waals surface area contributed by atoms with Crippen molar-refractivity contribution in [1.29, 1.82) is 0 Å². The van der Waals surface area contributed by atoms with Crippen LogP contribution < -0.4 is 0 Å². The summed E-state index contributed by atoms with van der Waals surface area (Å²) in [5.74, 6) is -1.86. The summed E-state index contributed by atoms with van der Waals surface area (Å²) in [6.07, 6.45) is -1.34. The molecule has 1 spiro atoms. The van der Waals surface area contributed by atoms with E-state index in [-0.39, 0.29) is 18.4 Å². The molecule has 0 amide bonds. The quantitative estimate of drug-likeness (QED) is 0.414. The Morgan fingerprint density at radius 3 is 2.76 bits per heavy atom. The zero-order valence-corrected chi connectivity index (χ0v) is 11.8. The van der Waals surface area contributed by atoms with Gasteiger partial charge in [-0.25, -0.2) is 4.79 Å². The highest BCUT2D eigenvalue weighted by Gasteiger charge is 2.95. The Labute approximate surface area is 121 Å². The molecule has 6 heteroatoms. The minimum absolute atomic E-state index is 0.269. The Kier molecular flexibility index (Phi) is 1.68. The monoisotopic (exact) mass is 292 g/mol. The lowest BCUT2D eigenvalue weighted by atomic mass is 9.53. The Hall–Kier alpha value is -1.40. The van der Waals surface area contributed by atoms with E-state index in [9.17, 15) is 14.7 Å². The normalized spacial score (nSPS) is 62.0. The fourth-order valence-electron chi connectivity index (χ4n) is 5.59. The number of hydrogen-bond donors (Lipinski definition) is 1. The van der Waals surface area contributed by atoms with Gasteiger partial charge in [0.1, 0.15) is 12.2 Å². The van der Waals surface area contributed by atoms with Gasteiger partial charge < -0.3 is 19.3 Å². The molecule has 2 bridgehead atoms. The second kappa shape index (κ2) is 2.90. The molecule has 8 atom stereocenters. The Morgan fingerprint density at radius 2 is 2.10 bits per heavy atom. The molecule has 3 aliphatic heterocycles. The smallest absolute Gasteiger partial charge is 0.342 e. The van der Waals surface area contributed by atoms with Crippen molar-refractivity contribution in [3.05, 3.63) is 12.2 Å². The van der Waals surface area contributed by atoms with Crippen molar-refractivity contribution >= 4 is 11.9 Å². The van der Waals surface area contributed by atoms with E-state index in [1.165, 1.54) is 0 Å². The third-order valence-electron chi connectivity index (χ3n) is 6.60. The lowest BCUT2D eigenvalue weighted by Gasteiger charge is -2.51. The van der Waals surface area contributed by atoms with E-state index in [1.54, 1.807) is 6.92 Å². The Balaban J connectivity index is 1.78. The maximum Gasteiger partial charge on any atom is 0.342 e. The first kappa shape index (κ1) is 12.2. The number of esters is 2. The third-order valence-corrected chi connectivity index (χ3v) is 6.60. The van der Waals surface area contributed by atoms with Gasteiger partial charge in [0.2, 0.25) is 5.60 Å². The predicted molar refractivity (Wildman–Crippen MR) is 66.8 cm³/mol. The van der Waals surface area contributed by atoms with Crippen molar-refractivity contribution in [3.8, 4) is 0 Å². The predicted octanol–water partition coefficient (Wildman–Crippen LogP) is -0.0620. The summed E-state index contributed by atoms with van der Waals surface area (Å²) >= 11 is 0. The van der Waals surface area contributed by atoms with E-state index in [2.05, 4.69) is 6.58 Å². The van der Waals surface area contributed by atoms with E-state index in [1.807, 2.05) is 6.92 Å². The van der Waals surface area contributed by atoms with Crippen LogP contribution in [0.25, 0.3) is 0 Å². The fraction of sp³-hybridized carbons (Fsp3) is 0.733. The first-order valence-corrected chi connectivity index (χ1v) is 7.26. The van der Waals surface area contributed by atoms with Gasteiger partial charge in [-0.05, 0) is 13.8 Å². The van der Waals surface area contributed by atoms with Gasteiger partial charge in [0, 0.05) is 12.3 Å². The zero-order chi connectivity index (χ0) is 14.9. The Morgan fingerprint density at radius 1 is 1.38 bits per heavy atom. The topological polar surface area (TPSA) is 85.4 Å². The summed E-state index contributed by atoms with van der Waals surface area (Å²) in [4.78, 5) is 24.7. The number of carbonyl (C=O) groups is 2. The summed E-state index contributed by atoms with van der Waals surface area (Å²) < 4.78 is 16.6. The van der Waals surface area contributed by atoms with Crippen LogP contribution >= 0.6 is 0 Å². The Bertz CT molecular complexity index is 642. The fourth-order valence-corrected chi connectivity index (χ4v) is 5.59. The molecular weight excluding hydrogens is 276 g/mol. The van der Waals surface area contributed by atoms with Crippen LogP contribution in [0.3, 0.4) is 0 Å². The van der Waals surface area contributed by atoms with Crippen LogP contribution in [-0.2, 0) is 23.8 Å². The molecule has 112 valence electrons. The van der Waals surface area contributed by atoms with Crippen LogP contribution in [0.2, 0.25) is 0 Å². The standard InChI is InChI=1S/C15H16O6/c1-5(2)7-8-11(16)19-9(7)10-13(3)14(8,18)4-6-15(13,21-6)12(17)20-10/h6-10,18H,1,4H2,2-3H3/t6-,7+,8?,9-,10-,13-,14-,15+/m1/s1. The molecule has 6 nitrogen and oxygen atoms in total. The molecule has 1 N–H and O–H groups in total. The van der Waals surface area contributed by atoms with E-state index in [0.717, 1.165) is 5.57 Å². The van der Waals surface area contributed by atoms with Crippen LogP contribution in [0.1, 0.15) is 20.3 Å². The molecule has 5 rings (SSSR count). The largest absolute Gasteiger partial charge is 0.457 e. The summed E-state index contributed by atoms with van der Waals surface area (Å²) in [5.41, 5.74) is -2.60. The van der Waals surface area contributed by atoms with Crippen LogP contribution in [0.4, 0.5) is 0 Å². The number of aliphatic hydroxyl groups is 1. The van der Waals surface area contributed by atoms with E-state index < -0.39 is 46.7 Å². The van der Waals surface area contributed by atoms with Crippen LogP contribution in [-0.4, -0.2) is 46.6 Å². The van der Waals surface area contributed by atoms with Crippen molar-refractivity contribution in [3.63, 3.8) is 0 Å². The van der Waals surface area contributed by atoms with Gasteiger partial charge in [-0.2, -0.15) is 0 Å². The van der Waals surface area contributed by atoms with Crippen LogP contribution in [0, 0.1) is 17.3 Å². The zero-order valence-electron chi connectivity index (χ0n) is 11.8. The van der Waals surface area contributed by atoms with Crippen molar-refractivity contribution in [2.45, 2.75) is 49.8 Å². The molecule has 1 unspecified atom stereocenters. The molecule has 21 heavy (non-hydrogen) atoms. The molecule has 3 saturated heterocycles. The van der Waals surface area contributed by atoms with Crippen molar-refractivity contribution in [1.82, 2.24) is 0 Å². The van der Waals surface area contributed by atoms with Crippen molar-refractivity contribution in [2.24, 2.45) is 17.3 Å². The number of carbonyl (C=O) groups excluding carboxylic acids is 2. The van der Waals surface area contributed by atoms with E-state index in [4.69, 9.17) is 14.2 Å². The first-order chi connectivity index (χ1) is 9.79. The molecule has 2 saturated carbocycles. The van der Waals surface area contributed by atoms with E-state index in [0.29, 0.717) is 0 Å². The maximum atomic E-state index is 12.3. The minimum Gasteiger partial charge on any atom is -0.457 e. The van der Waals surface area contributed by atoms with Gasteiger partial charge in [0.15, 0.2) is 6.10 Å². The molecule has 5 aliphatic rings. The van der Waals surface area contributed by atoms with Gasteiger partial charge in [-0.3, -0.25) is 4.79 Å². The van der Waals surface area contributed by atoms with Gasteiger partial charge in [0.05, 0.1) is 16.9 Å². The molecular formula is C15H16O6. The number of ether oxygens (including phenoxy) is 3. The van der Waals surface area contributed by atoms with Crippen molar-refractivity contribution < 1.29 is 28.9 Å². The average molecular weight is 292 g/mol. The molecule has 2 aliphatic carbocycles. The second-order valence-electron chi connectivity index (χ2n) is 7.25. The summed E-state index contributed by atoms with van der Waals surface area (Å²) in [6, 6.07) is 0. The summed E-state index contributed by atoms with van der Waals surface area (Å²) in [5, 5.41) is 11.4. The third kappa shape index (κ3) is 0.874. The highest BCUT2D eigenvalue weighted by molar-refractivity contribution is 5.91. The maximum absolute atomic E-state index is 12.3. The second-order valence-corrected chi connectivity index (χ2v) is 7.25. The van der Waals surface area contributed by atoms with Gasteiger partial charge in [0.25, 0.3) is 0 Å². The first-order valence-electron chi connectivity index (χ1n) is 7.26. The lowest BCUT2D eigenvalue weighted by molar-refractivity contribution is -0.195. The van der Waals surface area contributed by atoms with Gasteiger partial charge >= 0.3 is 11.9 Å². The van der Waals surface area contributed by atoms with Gasteiger partial charge in [-0.1, -0.05) is 12.2 Å². The average Bonchev–Trinajstić information content (AvgIpc) is 2.86. The van der Waals surface area contributed by atoms with Gasteiger partial charge in [-0.15, -0.1) is 0 Å². The van der Waals surface area contributed by atoms with E-state index >= 15 is 0 Å². The minimum atomic E-state index is -1.35. The lowest BCUT2D eigenvalue weighted by Crippen LogP contribution is -2.66. The molecule has 0 aromatic heterocycles. The number of rotatable bonds is 1. The summed E-state index contributed by atoms with van der Waals surface area (Å²) in [7, 11) is 0. The number of fused-ring (bicyclic) bond motifs is 4. The number of hydrogen-bond acceptors (Lipinski definition) is 6. The molecule has 0 radical (unpaired) electrons. The number of epoxide rings is 1. The van der Waals surface area contributed by atoms with Crippen LogP contribution in [0.15, 0.2) is 12.2 Å². The SMILES string of the molecule is C=C(C)[C@H]1C2C(=O)O[C@H]1[C@H]1OC(=O)[C@@]34O[C@@H]3C[C@]2(O)[C@@]14C. The highest BCUT2D eigenvalue weighted by atomic mass is 16.7. The van der Waals surface area contributed by atoms with Crippen LogP contribution in [0.5, 0.6) is 0 Å². The molecule has 0 aromatic carbocycles. The van der Waals surface area contributed by atoms with Crippen molar-refractivity contribution in [2.75, 3.05) is 0 Å².